The quantitative estimate of drug-likeness (QED) is 0.825. The lowest BCUT2D eigenvalue weighted by Gasteiger charge is -2.14. The van der Waals surface area contributed by atoms with Crippen LogP contribution in [0, 0.1) is 0 Å². The minimum atomic E-state index is -0.0976. The number of rotatable bonds is 4. The second-order valence-corrected chi connectivity index (χ2v) is 6.26. The van der Waals surface area contributed by atoms with Gasteiger partial charge < -0.3 is 18.9 Å². The van der Waals surface area contributed by atoms with E-state index >= 15 is 0 Å². The molecule has 2 aliphatic rings. The molecule has 0 spiro atoms. The number of fused-ring (bicyclic) bond motifs is 2. The molecule has 0 amide bonds. The van der Waals surface area contributed by atoms with Crippen LogP contribution in [0.4, 0.5) is 0 Å². The molecule has 0 unspecified atom stereocenters. The first-order valence-electron chi connectivity index (χ1n) is 8.63. The fraction of sp³-hybridized carbons (Fsp3) is 0.381. The van der Waals surface area contributed by atoms with Crippen molar-refractivity contribution in [1.29, 1.82) is 0 Å². The first-order chi connectivity index (χ1) is 12.6. The molecule has 138 valence electrons. The standard InChI is InChI=1S/C21H24O5/c1-23-18-9-8-15-13(10-17(18)22)6-5-7-14-11-19(24-2)21(26-4)20(25-3)12-16(14)15/h8-11H,5-7,12H2,1-4H3. The van der Waals surface area contributed by atoms with E-state index in [-0.39, 0.29) is 5.43 Å². The third-order valence-electron chi connectivity index (χ3n) is 4.91. The van der Waals surface area contributed by atoms with Gasteiger partial charge in [-0.2, -0.15) is 0 Å². The lowest BCUT2D eigenvalue weighted by Crippen LogP contribution is -2.03. The molecule has 1 aromatic rings. The Kier molecular flexibility index (Phi) is 5.35. The largest absolute Gasteiger partial charge is 0.497 e. The maximum absolute atomic E-state index is 12.4. The molecule has 0 atom stereocenters. The highest BCUT2D eigenvalue weighted by Gasteiger charge is 2.25. The van der Waals surface area contributed by atoms with E-state index in [4.69, 9.17) is 18.9 Å². The molecule has 0 radical (unpaired) electrons. The second kappa shape index (κ2) is 7.68. The fourth-order valence-corrected chi connectivity index (χ4v) is 3.62. The van der Waals surface area contributed by atoms with Crippen LogP contribution >= 0.6 is 0 Å². The van der Waals surface area contributed by atoms with Gasteiger partial charge in [-0.1, -0.05) is 6.07 Å². The SMILES string of the molecule is COC1=CC2=C(CC(OC)=C1OC)c1ccc(OC)c(=O)cc1CCC2. The molecular weight excluding hydrogens is 332 g/mol. The number of hydrogen-bond acceptors (Lipinski definition) is 5. The van der Waals surface area contributed by atoms with E-state index in [1.807, 2.05) is 12.1 Å². The zero-order chi connectivity index (χ0) is 18.7. The molecule has 0 aliphatic heterocycles. The van der Waals surface area contributed by atoms with Crippen molar-refractivity contribution >= 4 is 5.57 Å². The molecule has 0 bridgehead atoms. The third kappa shape index (κ3) is 3.21. The van der Waals surface area contributed by atoms with Gasteiger partial charge in [-0.25, -0.2) is 0 Å². The van der Waals surface area contributed by atoms with Gasteiger partial charge >= 0.3 is 0 Å². The molecule has 5 nitrogen and oxygen atoms in total. The van der Waals surface area contributed by atoms with Crippen LogP contribution in [-0.4, -0.2) is 28.4 Å². The zero-order valence-corrected chi connectivity index (χ0v) is 15.7. The zero-order valence-electron chi connectivity index (χ0n) is 15.7. The summed E-state index contributed by atoms with van der Waals surface area (Å²) < 4.78 is 21.9. The topological polar surface area (TPSA) is 54.0 Å². The van der Waals surface area contributed by atoms with E-state index in [0.29, 0.717) is 29.4 Å². The van der Waals surface area contributed by atoms with Crippen molar-refractivity contribution in [3.05, 3.63) is 68.5 Å². The predicted molar refractivity (Wildman–Crippen MR) is 99.9 cm³/mol. The highest BCUT2D eigenvalue weighted by Crippen LogP contribution is 2.39. The number of methoxy groups -OCH3 is 4. The number of allylic oxidation sites excluding steroid dienone is 3. The average molecular weight is 356 g/mol. The number of ether oxygens (including phenoxy) is 4. The van der Waals surface area contributed by atoms with Crippen LogP contribution in [0.5, 0.6) is 5.75 Å². The smallest absolute Gasteiger partial charge is 0.220 e. The lowest BCUT2D eigenvalue weighted by atomic mass is 9.95. The summed E-state index contributed by atoms with van der Waals surface area (Å²) in [6, 6.07) is 5.42. The van der Waals surface area contributed by atoms with E-state index in [9.17, 15) is 4.79 Å². The molecule has 3 rings (SSSR count). The molecule has 0 fully saturated rings. The van der Waals surface area contributed by atoms with Crippen molar-refractivity contribution in [1.82, 2.24) is 0 Å². The molecule has 0 aromatic heterocycles. The average Bonchev–Trinajstić information content (AvgIpc) is 2.97. The van der Waals surface area contributed by atoms with Gasteiger partial charge in [0.1, 0.15) is 5.76 Å². The summed E-state index contributed by atoms with van der Waals surface area (Å²) in [5.74, 6) is 2.31. The van der Waals surface area contributed by atoms with Crippen molar-refractivity contribution in [2.45, 2.75) is 25.7 Å². The Morgan fingerprint density at radius 3 is 2.38 bits per heavy atom. The van der Waals surface area contributed by atoms with Gasteiger partial charge in [-0.3, -0.25) is 4.79 Å². The molecule has 0 N–H and O–H groups in total. The van der Waals surface area contributed by atoms with Crippen LogP contribution in [0.25, 0.3) is 5.57 Å². The molecule has 0 saturated heterocycles. The van der Waals surface area contributed by atoms with Gasteiger partial charge in [0.15, 0.2) is 17.3 Å². The van der Waals surface area contributed by atoms with Gasteiger partial charge in [0, 0.05) is 6.42 Å². The minimum Gasteiger partial charge on any atom is -0.497 e. The van der Waals surface area contributed by atoms with Crippen LogP contribution in [0.3, 0.4) is 0 Å². The highest BCUT2D eigenvalue weighted by atomic mass is 16.5. The maximum Gasteiger partial charge on any atom is 0.220 e. The first kappa shape index (κ1) is 18.1. The maximum atomic E-state index is 12.4. The first-order valence-corrected chi connectivity index (χ1v) is 8.63. The Morgan fingerprint density at radius 2 is 1.73 bits per heavy atom. The monoisotopic (exact) mass is 356 g/mol. The van der Waals surface area contributed by atoms with Crippen LogP contribution in [0.15, 0.2) is 51.9 Å². The van der Waals surface area contributed by atoms with Gasteiger partial charge in [0.2, 0.25) is 5.43 Å². The second-order valence-electron chi connectivity index (χ2n) is 6.26. The van der Waals surface area contributed by atoms with E-state index < -0.39 is 0 Å². The summed E-state index contributed by atoms with van der Waals surface area (Å²) >= 11 is 0. The van der Waals surface area contributed by atoms with Crippen molar-refractivity contribution in [2.24, 2.45) is 0 Å². The Balaban J connectivity index is 2.25. The summed E-state index contributed by atoms with van der Waals surface area (Å²) in [6.45, 7) is 0. The molecule has 2 aliphatic carbocycles. The van der Waals surface area contributed by atoms with E-state index in [1.54, 1.807) is 33.5 Å². The van der Waals surface area contributed by atoms with Crippen LogP contribution in [0.1, 0.15) is 30.4 Å². The van der Waals surface area contributed by atoms with E-state index in [0.717, 1.165) is 36.0 Å². The van der Waals surface area contributed by atoms with E-state index in [2.05, 4.69) is 0 Å². The summed E-state index contributed by atoms with van der Waals surface area (Å²) in [5, 5.41) is 0. The number of hydrogen-bond donors (Lipinski definition) is 0. The molecule has 1 aromatic carbocycles. The Bertz CT molecular complexity index is 861. The van der Waals surface area contributed by atoms with Crippen LogP contribution in [0.2, 0.25) is 0 Å². The molecule has 0 heterocycles. The Morgan fingerprint density at radius 1 is 0.923 bits per heavy atom. The van der Waals surface area contributed by atoms with Gasteiger partial charge in [0.25, 0.3) is 0 Å². The summed E-state index contributed by atoms with van der Waals surface area (Å²) in [7, 11) is 6.39. The summed E-state index contributed by atoms with van der Waals surface area (Å²) in [4.78, 5) is 12.4. The van der Waals surface area contributed by atoms with Crippen molar-refractivity contribution < 1.29 is 18.9 Å². The normalized spacial score (nSPS) is 16.7. The summed E-state index contributed by atoms with van der Waals surface area (Å²) in [6.07, 6.45) is 5.30. The lowest BCUT2D eigenvalue weighted by molar-refractivity contribution is 0.184. The van der Waals surface area contributed by atoms with Gasteiger partial charge in [-0.05, 0) is 59.7 Å². The highest BCUT2D eigenvalue weighted by molar-refractivity contribution is 5.76. The fourth-order valence-electron chi connectivity index (χ4n) is 3.62. The van der Waals surface area contributed by atoms with Crippen molar-refractivity contribution in [2.75, 3.05) is 28.4 Å². The molecule has 5 heteroatoms. The Labute approximate surface area is 153 Å². The number of aryl methyl sites for hydroxylation is 1. The van der Waals surface area contributed by atoms with Crippen molar-refractivity contribution in [3.8, 4) is 5.75 Å². The minimum absolute atomic E-state index is 0.0976. The van der Waals surface area contributed by atoms with Crippen LogP contribution in [-0.2, 0) is 20.6 Å². The molecule has 26 heavy (non-hydrogen) atoms. The Hall–Kier alpha value is -2.69. The summed E-state index contributed by atoms with van der Waals surface area (Å²) in [5.41, 5.74) is 4.30. The van der Waals surface area contributed by atoms with Gasteiger partial charge in [-0.15, -0.1) is 0 Å². The predicted octanol–water partition coefficient (Wildman–Crippen LogP) is 3.58. The van der Waals surface area contributed by atoms with Crippen molar-refractivity contribution in [3.63, 3.8) is 0 Å². The van der Waals surface area contributed by atoms with Gasteiger partial charge in [0.05, 0.1) is 28.4 Å². The molecule has 0 saturated carbocycles. The molecular formula is C21H24O5. The third-order valence-corrected chi connectivity index (χ3v) is 4.91. The van der Waals surface area contributed by atoms with Crippen LogP contribution < -0.4 is 10.2 Å². The van der Waals surface area contributed by atoms with E-state index in [1.165, 1.54) is 12.7 Å².